The lowest BCUT2D eigenvalue weighted by molar-refractivity contribution is -0.133. The van der Waals surface area contributed by atoms with Crippen LogP contribution in [0.5, 0.6) is 0 Å². The molecule has 0 aliphatic carbocycles. The van der Waals surface area contributed by atoms with Crippen LogP contribution in [0.2, 0.25) is 0 Å². The van der Waals surface area contributed by atoms with E-state index in [2.05, 4.69) is 11.3 Å². The van der Waals surface area contributed by atoms with Gasteiger partial charge < -0.3 is 9.64 Å². The van der Waals surface area contributed by atoms with Crippen LogP contribution >= 0.6 is 0 Å². The van der Waals surface area contributed by atoms with Gasteiger partial charge in [0.2, 0.25) is 5.91 Å². The van der Waals surface area contributed by atoms with E-state index < -0.39 is 5.97 Å². The summed E-state index contributed by atoms with van der Waals surface area (Å²) in [5.41, 5.74) is 0.403. The first kappa shape index (κ1) is 10.5. The van der Waals surface area contributed by atoms with Gasteiger partial charge in [0.15, 0.2) is 0 Å². The van der Waals surface area contributed by atoms with Crippen LogP contribution in [0.1, 0.15) is 19.8 Å². The van der Waals surface area contributed by atoms with Crippen molar-refractivity contribution >= 4 is 11.9 Å². The van der Waals surface area contributed by atoms with Gasteiger partial charge in [0.25, 0.3) is 0 Å². The molecule has 0 unspecified atom stereocenters. The summed E-state index contributed by atoms with van der Waals surface area (Å²) in [7, 11) is 0. The van der Waals surface area contributed by atoms with Gasteiger partial charge in [-0.05, 0) is 13.3 Å². The highest BCUT2D eigenvalue weighted by molar-refractivity contribution is 5.89. The van der Waals surface area contributed by atoms with E-state index in [1.807, 2.05) is 0 Å². The molecular formula is C10H13NO3. The Bertz CT molecular complexity index is 294. The van der Waals surface area contributed by atoms with Crippen molar-refractivity contribution in [3.05, 3.63) is 24.6 Å². The van der Waals surface area contributed by atoms with Gasteiger partial charge in [0.1, 0.15) is 0 Å². The molecule has 14 heavy (non-hydrogen) atoms. The molecule has 0 bridgehead atoms. The molecule has 1 fully saturated rings. The molecule has 4 heteroatoms. The Morgan fingerprint density at radius 3 is 2.86 bits per heavy atom. The quantitative estimate of drug-likeness (QED) is 0.386. The van der Waals surface area contributed by atoms with Crippen LogP contribution in [0, 0.1) is 0 Å². The van der Waals surface area contributed by atoms with Gasteiger partial charge in [-0.3, -0.25) is 4.79 Å². The van der Waals surface area contributed by atoms with Crippen molar-refractivity contribution in [2.45, 2.75) is 19.8 Å². The normalized spacial score (nSPS) is 17.1. The van der Waals surface area contributed by atoms with Gasteiger partial charge in [-0.25, -0.2) is 4.79 Å². The summed E-state index contributed by atoms with van der Waals surface area (Å²) in [6, 6.07) is 0. The fourth-order valence-corrected chi connectivity index (χ4v) is 1.26. The predicted octanol–water partition coefficient (Wildman–Crippen LogP) is 1.20. The highest BCUT2D eigenvalue weighted by atomic mass is 16.5. The molecule has 0 aromatic rings. The highest BCUT2D eigenvalue weighted by Gasteiger charge is 2.19. The van der Waals surface area contributed by atoms with Gasteiger partial charge in [0.05, 0.1) is 11.8 Å². The Morgan fingerprint density at radius 2 is 2.36 bits per heavy atom. The number of ether oxygens (including phenoxy) is 1. The molecule has 1 heterocycles. The molecule has 1 amide bonds. The molecule has 0 aromatic heterocycles. The summed E-state index contributed by atoms with van der Waals surface area (Å²) < 4.78 is 4.57. The minimum atomic E-state index is -0.472. The SMILES string of the molecule is C=COC(=O)C(C)=CN1CCCC1=O. The minimum Gasteiger partial charge on any atom is -0.432 e. The Morgan fingerprint density at radius 1 is 1.64 bits per heavy atom. The topological polar surface area (TPSA) is 46.6 Å². The van der Waals surface area contributed by atoms with Crippen LogP contribution in [0.3, 0.4) is 0 Å². The van der Waals surface area contributed by atoms with Crippen molar-refractivity contribution in [3.63, 3.8) is 0 Å². The van der Waals surface area contributed by atoms with E-state index in [1.54, 1.807) is 11.8 Å². The summed E-state index contributed by atoms with van der Waals surface area (Å²) >= 11 is 0. The van der Waals surface area contributed by atoms with Crippen molar-refractivity contribution in [2.24, 2.45) is 0 Å². The van der Waals surface area contributed by atoms with Crippen molar-refractivity contribution in [1.82, 2.24) is 4.90 Å². The van der Waals surface area contributed by atoms with Crippen LogP contribution < -0.4 is 0 Å². The van der Waals surface area contributed by atoms with E-state index in [0.717, 1.165) is 12.7 Å². The summed E-state index contributed by atoms with van der Waals surface area (Å²) in [5.74, 6) is -0.421. The molecule has 0 spiro atoms. The molecule has 0 saturated carbocycles. The third-order valence-corrected chi connectivity index (χ3v) is 1.97. The summed E-state index contributed by atoms with van der Waals surface area (Å²) in [4.78, 5) is 23.9. The Balaban J connectivity index is 2.62. The van der Waals surface area contributed by atoms with E-state index in [4.69, 9.17) is 0 Å². The number of hydrogen-bond acceptors (Lipinski definition) is 3. The average molecular weight is 195 g/mol. The molecule has 1 aliphatic rings. The van der Waals surface area contributed by atoms with Gasteiger partial charge >= 0.3 is 5.97 Å². The van der Waals surface area contributed by atoms with Crippen LogP contribution in [0.25, 0.3) is 0 Å². The Hall–Kier alpha value is -1.58. The third kappa shape index (κ3) is 2.45. The molecule has 0 atom stereocenters. The first-order valence-corrected chi connectivity index (χ1v) is 4.45. The smallest absolute Gasteiger partial charge is 0.339 e. The van der Waals surface area contributed by atoms with E-state index in [1.165, 1.54) is 6.20 Å². The Kier molecular flexibility index (Phi) is 3.45. The Labute approximate surface area is 82.8 Å². The molecule has 4 nitrogen and oxygen atoms in total. The van der Waals surface area contributed by atoms with E-state index in [-0.39, 0.29) is 5.91 Å². The van der Waals surface area contributed by atoms with Crippen LogP contribution in [0.4, 0.5) is 0 Å². The number of carbonyl (C=O) groups excluding carboxylic acids is 2. The predicted molar refractivity (Wildman–Crippen MR) is 51.0 cm³/mol. The second-order valence-corrected chi connectivity index (χ2v) is 3.07. The minimum absolute atomic E-state index is 0.0516. The maximum atomic E-state index is 11.2. The first-order valence-electron chi connectivity index (χ1n) is 4.45. The summed E-state index contributed by atoms with van der Waals surface area (Å²) in [6.07, 6.45) is 4.01. The molecule has 0 aromatic carbocycles. The van der Waals surface area contributed by atoms with Crippen molar-refractivity contribution in [1.29, 1.82) is 0 Å². The largest absolute Gasteiger partial charge is 0.432 e. The van der Waals surface area contributed by atoms with Gasteiger partial charge in [-0.15, -0.1) is 0 Å². The zero-order chi connectivity index (χ0) is 10.6. The average Bonchev–Trinajstić information content (AvgIpc) is 2.52. The summed E-state index contributed by atoms with van der Waals surface area (Å²) in [6.45, 7) is 5.57. The first-order chi connectivity index (χ1) is 6.65. The summed E-state index contributed by atoms with van der Waals surface area (Å²) in [5, 5.41) is 0. The lowest BCUT2D eigenvalue weighted by Crippen LogP contribution is -2.19. The lowest BCUT2D eigenvalue weighted by atomic mass is 10.3. The second-order valence-electron chi connectivity index (χ2n) is 3.07. The number of rotatable bonds is 3. The molecule has 1 saturated heterocycles. The van der Waals surface area contributed by atoms with Crippen LogP contribution in [-0.2, 0) is 14.3 Å². The van der Waals surface area contributed by atoms with E-state index in [0.29, 0.717) is 18.5 Å². The van der Waals surface area contributed by atoms with Crippen molar-refractivity contribution in [2.75, 3.05) is 6.54 Å². The zero-order valence-corrected chi connectivity index (χ0v) is 8.16. The van der Waals surface area contributed by atoms with Gasteiger partial charge in [0, 0.05) is 19.2 Å². The standard InChI is InChI=1S/C10H13NO3/c1-3-14-10(13)8(2)7-11-6-4-5-9(11)12/h3,7H,1,4-6H2,2H3. The van der Waals surface area contributed by atoms with Crippen LogP contribution in [0.15, 0.2) is 24.6 Å². The zero-order valence-electron chi connectivity index (χ0n) is 8.16. The number of nitrogens with zero attached hydrogens (tertiary/aromatic N) is 1. The number of likely N-dealkylation sites (tertiary alicyclic amines) is 1. The van der Waals surface area contributed by atoms with Crippen molar-refractivity contribution < 1.29 is 14.3 Å². The second kappa shape index (κ2) is 4.60. The number of amides is 1. The molecule has 1 rings (SSSR count). The monoisotopic (exact) mass is 195 g/mol. The van der Waals surface area contributed by atoms with Gasteiger partial charge in [-0.2, -0.15) is 0 Å². The molecule has 1 aliphatic heterocycles. The maximum absolute atomic E-state index is 11.2. The number of esters is 1. The number of hydrogen-bond donors (Lipinski definition) is 0. The molecular weight excluding hydrogens is 182 g/mol. The van der Waals surface area contributed by atoms with Crippen molar-refractivity contribution in [3.8, 4) is 0 Å². The molecule has 76 valence electrons. The van der Waals surface area contributed by atoms with E-state index in [9.17, 15) is 9.59 Å². The van der Waals surface area contributed by atoms with Gasteiger partial charge in [-0.1, -0.05) is 6.58 Å². The fraction of sp³-hybridized carbons (Fsp3) is 0.400. The fourth-order valence-electron chi connectivity index (χ4n) is 1.26. The van der Waals surface area contributed by atoms with Crippen LogP contribution in [-0.4, -0.2) is 23.3 Å². The third-order valence-electron chi connectivity index (χ3n) is 1.97. The molecule has 0 N–H and O–H groups in total. The lowest BCUT2D eigenvalue weighted by Gasteiger charge is -2.10. The highest BCUT2D eigenvalue weighted by Crippen LogP contribution is 2.12. The maximum Gasteiger partial charge on any atom is 0.339 e. The number of carbonyl (C=O) groups is 2. The van der Waals surface area contributed by atoms with E-state index >= 15 is 0 Å². The molecule has 0 radical (unpaired) electrons.